The SMILES string of the molecule is CC1(/C=C/C(=O)C(=O)O)CCCS1. The van der Waals surface area contributed by atoms with Gasteiger partial charge in [0.1, 0.15) is 0 Å². The molecule has 1 atom stereocenters. The number of hydrogen-bond acceptors (Lipinski definition) is 3. The molecule has 1 saturated heterocycles. The summed E-state index contributed by atoms with van der Waals surface area (Å²) in [4.78, 5) is 20.9. The minimum atomic E-state index is -1.39. The Morgan fingerprint density at radius 1 is 1.54 bits per heavy atom. The molecule has 0 aliphatic carbocycles. The number of hydrogen-bond donors (Lipinski definition) is 1. The highest BCUT2D eigenvalue weighted by molar-refractivity contribution is 8.01. The van der Waals surface area contributed by atoms with Gasteiger partial charge in [-0.25, -0.2) is 4.79 Å². The topological polar surface area (TPSA) is 54.4 Å². The highest BCUT2D eigenvalue weighted by atomic mass is 32.2. The van der Waals surface area contributed by atoms with Gasteiger partial charge in [-0.2, -0.15) is 11.8 Å². The first-order valence-corrected chi connectivity index (χ1v) is 5.12. The molecule has 1 aliphatic rings. The predicted octanol–water partition coefficient (Wildman–Crippen LogP) is 1.48. The third kappa shape index (κ3) is 2.88. The lowest BCUT2D eigenvalue weighted by Crippen LogP contribution is -2.14. The van der Waals surface area contributed by atoms with Crippen molar-refractivity contribution in [3.63, 3.8) is 0 Å². The normalized spacial score (nSPS) is 28.1. The zero-order valence-electron chi connectivity index (χ0n) is 7.45. The predicted molar refractivity (Wildman–Crippen MR) is 51.9 cm³/mol. The average molecular weight is 200 g/mol. The maximum absolute atomic E-state index is 10.7. The minimum Gasteiger partial charge on any atom is -0.475 e. The number of aliphatic carboxylic acids is 1. The van der Waals surface area contributed by atoms with E-state index >= 15 is 0 Å². The van der Waals surface area contributed by atoms with E-state index in [0.29, 0.717) is 0 Å². The quantitative estimate of drug-likeness (QED) is 0.554. The monoisotopic (exact) mass is 200 g/mol. The van der Waals surface area contributed by atoms with Crippen LogP contribution in [0.2, 0.25) is 0 Å². The van der Waals surface area contributed by atoms with Gasteiger partial charge >= 0.3 is 5.97 Å². The lowest BCUT2D eigenvalue weighted by molar-refractivity contribution is -0.146. The van der Waals surface area contributed by atoms with E-state index in [1.165, 1.54) is 6.08 Å². The molecular weight excluding hydrogens is 188 g/mol. The first-order valence-electron chi connectivity index (χ1n) is 4.14. The molecule has 3 nitrogen and oxygen atoms in total. The van der Waals surface area contributed by atoms with Crippen LogP contribution in [0.5, 0.6) is 0 Å². The Morgan fingerprint density at radius 3 is 2.69 bits per heavy atom. The van der Waals surface area contributed by atoms with E-state index in [2.05, 4.69) is 0 Å². The Hall–Kier alpha value is -0.770. The fourth-order valence-corrected chi connectivity index (χ4v) is 2.46. The molecule has 1 heterocycles. The van der Waals surface area contributed by atoms with Gasteiger partial charge in [-0.15, -0.1) is 0 Å². The Kier molecular flexibility index (Phi) is 3.14. The van der Waals surface area contributed by atoms with E-state index in [-0.39, 0.29) is 4.75 Å². The van der Waals surface area contributed by atoms with Crippen molar-refractivity contribution in [2.75, 3.05) is 5.75 Å². The van der Waals surface area contributed by atoms with Gasteiger partial charge < -0.3 is 5.11 Å². The van der Waals surface area contributed by atoms with Crippen molar-refractivity contribution in [2.45, 2.75) is 24.5 Å². The molecule has 0 spiro atoms. The van der Waals surface area contributed by atoms with Crippen LogP contribution >= 0.6 is 11.8 Å². The van der Waals surface area contributed by atoms with Crippen LogP contribution in [0.3, 0.4) is 0 Å². The Bertz CT molecular complexity index is 252. The van der Waals surface area contributed by atoms with E-state index in [0.717, 1.165) is 18.6 Å². The summed E-state index contributed by atoms with van der Waals surface area (Å²) in [6.07, 6.45) is 5.02. The van der Waals surface area contributed by atoms with Gasteiger partial charge in [0.05, 0.1) is 0 Å². The fourth-order valence-electron chi connectivity index (χ4n) is 1.26. The molecule has 0 aromatic heterocycles. The van der Waals surface area contributed by atoms with Gasteiger partial charge in [-0.05, 0) is 31.6 Å². The number of carbonyl (C=O) groups excluding carboxylic acids is 1. The highest BCUT2D eigenvalue weighted by Gasteiger charge is 2.26. The second-order valence-electron chi connectivity index (χ2n) is 3.27. The zero-order valence-corrected chi connectivity index (χ0v) is 8.26. The third-order valence-electron chi connectivity index (χ3n) is 2.05. The van der Waals surface area contributed by atoms with Gasteiger partial charge in [0, 0.05) is 4.75 Å². The molecule has 0 bridgehead atoms. The van der Waals surface area contributed by atoms with Crippen molar-refractivity contribution in [1.29, 1.82) is 0 Å². The van der Waals surface area contributed by atoms with E-state index < -0.39 is 11.8 Å². The molecule has 1 aliphatic heterocycles. The lowest BCUT2D eigenvalue weighted by Gasteiger charge is -2.16. The Balaban J connectivity index is 2.56. The second kappa shape index (κ2) is 3.96. The maximum atomic E-state index is 10.7. The molecule has 0 radical (unpaired) electrons. The minimum absolute atomic E-state index is 0.0366. The van der Waals surface area contributed by atoms with Gasteiger partial charge in [0.2, 0.25) is 0 Å². The van der Waals surface area contributed by atoms with Crippen LogP contribution in [0.15, 0.2) is 12.2 Å². The number of carbonyl (C=O) groups is 2. The summed E-state index contributed by atoms with van der Waals surface area (Å²) in [5, 5.41) is 8.33. The molecule has 1 N–H and O–H groups in total. The first-order chi connectivity index (χ1) is 6.03. The van der Waals surface area contributed by atoms with Crippen molar-refractivity contribution in [1.82, 2.24) is 0 Å². The standard InChI is InChI=1S/C9H12O3S/c1-9(4-2-6-13-9)5-3-7(10)8(11)12/h3,5H,2,4,6H2,1H3,(H,11,12)/b5-3+. The summed E-state index contributed by atoms with van der Waals surface area (Å²) in [5.74, 6) is -1.14. The summed E-state index contributed by atoms with van der Waals surface area (Å²) >= 11 is 1.77. The number of carboxylic acid groups (broad SMARTS) is 1. The summed E-state index contributed by atoms with van der Waals surface area (Å²) in [6.45, 7) is 2.02. The molecule has 13 heavy (non-hydrogen) atoms. The van der Waals surface area contributed by atoms with Crippen LogP contribution in [-0.4, -0.2) is 27.4 Å². The zero-order chi connectivity index (χ0) is 9.90. The fraction of sp³-hybridized carbons (Fsp3) is 0.556. The van der Waals surface area contributed by atoms with Crippen LogP contribution < -0.4 is 0 Å². The van der Waals surface area contributed by atoms with Gasteiger partial charge in [-0.1, -0.05) is 6.08 Å². The average Bonchev–Trinajstić information content (AvgIpc) is 2.48. The van der Waals surface area contributed by atoms with E-state index in [1.54, 1.807) is 17.8 Å². The molecule has 1 unspecified atom stereocenters. The number of ketones is 1. The number of thioether (sulfide) groups is 1. The van der Waals surface area contributed by atoms with Crippen LogP contribution in [0.1, 0.15) is 19.8 Å². The molecule has 1 fully saturated rings. The molecule has 0 aromatic carbocycles. The molecular formula is C9H12O3S. The summed E-state index contributed by atoms with van der Waals surface area (Å²) < 4.78 is -0.0366. The Labute approximate surface area is 81.2 Å². The van der Waals surface area contributed by atoms with Crippen molar-refractivity contribution in [3.05, 3.63) is 12.2 Å². The van der Waals surface area contributed by atoms with Gasteiger partial charge in [-0.3, -0.25) is 4.79 Å². The first kappa shape index (κ1) is 10.3. The number of rotatable bonds is 3. The van der Waals surface area contributed by atoms with Crippen molar-refractivity contribution in [3.8, 4) is 0 Å². The summed E-state index contributed by atoms with van der Waals surface area (Å²) in [6, 6.07) is 0. The van der Waals surface area contributed by atoms with Crippen molar-refractivity contribution < 1.29 is 14.7 Å². The molecule has 0 amide bonds. The van der Waals surface area contributed by atoms with Crippen LogP contribution in [-0.2, 0) is 9.59 Å². The van der Waals surface area contributed by atoms with Crippen LogP contribution in [0.4, 0.5) is 0 Å². The molecule has 72 valence electrons. The number of carboxylic acids is 1. The van der Waals surface area contributed by atoms with Gasteiger partial charge in [0.25, 0.3) is 5.78 Å². The summed E-state index contributed by atoms with van der Waals surface area (Å²) in [5.41, 5.74) is 0. The highest BCUT2D eigenvalue weighted by Crippen LogP contribution is 2.38. The van der Waals surface area contributed by atoms with E-state index in [1.807, 2.05) is 6.92 Å². The smallest absolute Gasteiger partial charge is 0.376 e. The van der Waals surface area contributed by atoms with Gasteiger partial charge in [0.15, 0.2) is 0 Å². The van der Waals surface area contributed by atoms with Crippen LogP contribution in [0.25, 0.3) is 0 Å². The Morgan fingerprint density at radius 2 is 2.23 bits per heavy atom. The maximum Gasteiger partial charge on any atom is 0.376 e. The van der Waals surface area contributed by atoms with Crippen LogP contribution in [0, 0.1) is 0 Å². The molecule has 0 saturated carbocycles. The van der Waals surface area contributed by atoms with E-state index in [4.69, 9.17) is 5.11 Å². The van der Waals surface area contributed by atoms with Crippen molar-refractivity contribution in [2.24, 2.45) is 0 Å². The largest absolute Gasteiger partial charge is 0.475 e. The molecule has 0 aromatic rings. The lowest BCUT2D eigenvalue weighted by atomic mass is 10.0. The van der Waals surface area contributed by atoms with Crippen molar-refractivity contribution >= 4 is 23.5 Å². The molecule has 1 rings (SSSR count). The molecule has 4 heteroatoms. The van der Waals surface area contributed by atoms with E-state index in [9.17, 15) is 9.59 Å². The summed E-state index contributed by atoms with van der Waals surface area (Å²) in [7, 11) is 0. The second-order valence-corrected chi connectivity index (χ2v) is 4.90. The third-order valence-corrected chi connectivity index (χ3v) is 3.54.